The predicted molar refractivity (Wildman–Crippen MR) is 112 cm³/mol. The van der Waals surface area contributed by atoms with Gasteiger partial charge in [-0.2, -0.15) is 0 Å². The van der Waals surface area contributed by atoms with E-state index in [0.717, 1.165) is 17.9 Å². The van der Waals surface area contributed by atoms with E-state index in [1.165, 1.54) is 0 Å². The largest absolute Gasteiger partial charge is 0.487 e. The van der Waals surface area contributed by atoms with Gasteiger partial charge in [-0.25, -0.2) is 4.79 Å². The van der Waals surface area contributed by atoms with Gasteiger partial charge < -0.3 is 19.7 Å². The second kappa shape index (κ2) is 7.25. The van der Waals surface area contributed by atoms with E-state index < -0.39 is 15.8 Å². The molecule has 5 aliphatic rings. The highest BCUT2D eigenvalue weighted by Crippen LogP contribution is 2.63. The molecule has 0 amide bonds. The monoisotopic (exact) mass is 426 g/mol. The zero-order chi connectivity index (χ0) is 20.3. The van der Waals surface area contributed by atoms with Crippen molar-refractivity contribution < 1.29 is 24.5 Å². The summed E-state index contributed by atoms with van der Waals surface area (Å²) in [6, 6.07) is 0. The third-order valence-corrected chi connectivity index (χ3v) is 10.7. The van der Waals surface area contributed by atoms with Gasteiger partial charge in [-0.1, -0.05) is 26.8 Å². The first-order valence-electron chi connectivity index (χ1n) is 10.1. The van der Waals surface area contributed by atoms with Crippen LogP contribution in [0.3, 0.4) is 0 Å². The second-order valence-electron chi connectivity index (χ2n) is 8.79. The van der Waals surface area contributed by atoms with Crippen LogP contribution in [-0.2, 0) is 14.3 Å². The summed E-state index contributed by atoms with van der Waals surface area (Å²) in [6.07, 6.45) is 2.14. The van der Waals surface area contributed by atoms with Gasteiger partial charge in [0.1, 0.15) is 17.8 Å². The van der Waals surface area contributed by atoms with E-state index in [2.05, 4.69) is 13.5 Å². The first kappa shape index (κ1) is 20.6. The van der Waals surface area contributed by atoms with Crippen molar-refractivity contribution in [3.05, 3.63) is 24.0 Å². The maximum absolute atomic E-state index is 13.3. The minimum atomic E-state index is -0.930. The number of rotatable bonds is 6. The molecule has 4 heterocycles. The number of esters is 1. The van der Waals surface area contributed by atoms with E-state index in [1.54, 1.807) is 29.6 Å². The van der Waals surface area contributed by atoms with Crippen molar-refractivity contribution in [3.63, 3.8) is 0 Å². The van der Waals surface area contributed by atoms with Gasteiger partial charge in [0.05, 0.1) is 10.00 Å². The minimum Gasteiger partial charge on any atom is -0.487 e. The molecule has 0 radical (unpaired) electrons. The maximum atomic E-state index is 13.3. The summed E-state index contributed by atoms with van der Waals surface area (Å²) in [5.41, 5.74) is -0.283. The minimum absolute atomic E-state index is 0.105. The molecule has 3 saturated heterocycles. The molecule has 5 rings (SSSR count). The molecule has 1 saturated carbocycles. The molecule has 0 aromatic carbocycles. The fraction of sp³-hybridized carbons (Fsp3) is 0.762. The van der Waals surface area contributed by atoms with Gasteiger partial charge in [-0.05, 0) is 24.2 Å². The Kier molecular flexibility index (Phi) is 5.35. The SMILES string of the molecule is C=C[C@H]1[C@@H](O)[C@@H]2OC3=C(C4([C@H](C)C[C@H](C)CO)SCCS4)C(=O)O[C@@]31C[C@H]2C. The molecular formula is C21H30O5S2. The summed E-state index contributed by atoms with van der Waals surface area (Å²) < 4.78 is 12.0. The molecule has 0 aromatic heterocycles. The Bertz CT molecular complexity index is 701. The molecule has 7 heteroatoms. The number of hydrogen-bond donors (Lipinski definition) is 2. The molecule has 4 fully saturated rings. The summed E-state index contributed by atoms with van der Waals surface area (Å²) in [6.45, 7) is 10.3. The average Bonchev–Trinajstić information content (AvgIpc) is 3.23. The van der Waals surface area contributed by atoms with Gasteiger partial charge >= 0.3 is 5.97 Å². The van der Waals surface area contributed by atoms with Gasteiger partial charge in [0.25, 0.3) is 0 Å². The van der Waals surface area contributed by atoms with Gasteiger partial charge in [0.2, 0.25) is 0 Å². The van der Waals surface area contributed by atoms with E-state index in [1.807, 2.05) is 13.8 Å². The van der Waals surface area contributed by atoms with Crippen molar-refractivity contribution in [3.8, 4) is 0 Å². The zero-order valence-electron chi connectivity index (χ0n) is 16.7. The van der Waals surface area contributed by atoms with Crippen LogP contribution in [0.15, 0.2) is 24.0 Å². The highest BCUT2D eigenvalue weighted by molar-refractivity contribution is 8.21. The van der Waals surface area contributed by atoms with Gasteiger partial charge in [-0.15, -0.1) is 30.1 Å². The van der Waals surface area contributed by atoms with Crippen LogP contribution in [0, 0.1) is 23.7 Å². The molecule has 7 atom stereocenters. The molecule has 0 unspecified atom stereocenters. The lowest BCUT2D eigenvalue weighted by Gasteiger charge is -2.54. The van der Waals surface area contributed by atoms with E-state index >= 15 is 0 Å². The average molecular weight is 427 g/mol. The summed E-state index contributed by atoms with van der Waals surface area (Å²) in [5, 5.41) is 20.3. The number of ether oxygens (including phenoxy) is 2. The molecule has 1 aliphatic carbocycles. The molecule has 2 N–H and O–H groups in total. The van der Waals surface area contributed by atoms with Crippen molar-refractivity contribution in [1.82, 2.24) is 0 Å². The Hall–Kier alpha value is -0.630. The topological polar surface area (TPSA) is 76.0 Å². The number of carbonyl (C=O) groups is 1. The van der Waals surface area contributed by atoms with Crippen molar-refractivity contribution in [1.29, 1.82) is 0 Å². The van der Waals surface area contributed by atoms with Crippen LogP contribution in [-0.4, -0.2) is 56.2 Å². The molecule has 28 heavy (non-hydrogen) atoms. The van der Waals surface area contributed by atoms with Crippen LogP contribution in [0.2, 0.25) is 0 Å². The van der Waals surface area contributed by atoms with Crippen LogP contribution >= 0.6 is 23.5 Å². The van der Waals surface area contributed by atoms with Gasteiger partial charge in [-0.3, -0.25) is 0 Å². The van der Waals surface area contributed by atoms with Crippen LogP contribution in [0.1, 0.15) is 33.6 Å². The quantitative estimate of drug-likeness (QED) is 0.499. The Labute approximate surface area is 175 Å². The maximum Gasteiger partial charge on any atom is 0.340 e. The standard InChI is InChI=1S/C21H30O5S2/c1-5-14-16(23)17-12(3)9-20(14)18(25-17)15(19(24)26-20)21(27-6-7-28-21)13(4)8-11(2)10-22/h5,11-14,16-17,22-23H,1,6-10H2,2-4H3/t11-,12+,13+,14-,16+,17+,20+/m0/s1. The number of fused-ring (bicyclic) bond motifs is 2. The van der Waals surface area contributed by atoms with E-state index in [-0.39, 0.29) is 42.4 Å². The molecule has 2 bridgehead atoms. The smallest absolute Gasteiger partial charge is 0.340 e. The van der Waals surface area contributed by atoms with Gasteiger partial charge in [0.15, 0.2) is 11.4 Å². The number of aliphatic hydroxyl groups is 2. The summed E-state index contributed by atoms with van der Waals surface area (Å²) >= 11 is 3.59. The lowest BCUT2D eigenvalue weighted by molar-refractivity contribution is -0.220. The Morgan fingerprint density at radius 2 is 2.04 bits per heavy atom. The van der Waals surface area contributed by atoms with Crippen molar-refractivity contribution in [2.75, 3.05) is 18.1 Å². The zero-order valence-corrected chi connectivity index (χ0v) is 18.4. The van der Waals surface area contributed by atoms with Crippen LogP contribution < -0.4 is 0 Å². The summed E-state index contributed by atoms with van der Waals surface area (Å²) in [4.78, 5) is 13.3. The van der Waals surface area contributed by atoms with E-state index in [9.17, 15) is 15.0 Å². The van der Waals surface area contributed by atoms with Crippen LogP contribution in [0.5, 0.6) is 0 Å². The van der Waals surface area contributed by atoms with E-state index in [4.69, 9.17) is 9.47 Å². The fourth-order valence-electron chi connectivity index (χ4n) is 5.52. The lowest BCUT2D eigenvalue weighted by Crippen LogP contribution is -2.63. The molecule has 4 aliphatic heterocycles. The van der Waals surface area contributed by atoms with Crippen molar-refractivity contribution >= 4 is 29.5 Å². The molecule has 156 valence electrons. The fourth-order valence-corrected chi connectivity index (χ4v) is 9.02. The highest BCUT2D eigenvalue weighted by Gasteiger charge is 2.68. The predicted octanol–water partition coefficient (Wildman–Crippen LogP) is 2.97. The second-order valence-corrected chi connectivity index (χ2v) is 11.7. The van der Waals surface area contributed by atoms with E-state index in [0.29, 0.717) is 17.8 Å². The first-order valence-corrected chi connectivity index (χ1v) is 12.1. The van der Waals surface area contributed by atoms with Crippen molar-refractivity contribution in [2.24, 2.45) is 23.7 Å². The Morgan fingerprint density at radius 1 is 1.36 bits per heavy atom. The molecule has 5 nitrogen and oxygen atoms in total. The molecular weight excluding hydrogens is 396 g/mol. The lowest BCUT2D eigenvalue weighted by atomic mass is 9.64. The Balaban J connectivity index is 1.82. The van der Waals surface area contributed by atoms with Crippen LogP contribution in [0.4, 0.5) is 0 Å². The number of aliphatic hydroxyl groups excluding tert-OH is 2. The summed E-state index contributed by atoms with van der Waals surface area (Å²) in [7, 11) is 0. The molecule has 0 aromatic rings. The molecule has 1 spiro atoms. The first-order chi connectivity index (χ1) is 13.3. The normalized spacial score (nSPS) is 40.7. The van der Waals surface area contributed by atoms with Crippen LogP contribution in [0.25, 0.3) is 0 Å². The Morgan fingerprint density at radius 3 is 2.64 bits per heavy atom. The van der Waals surface area contributed by atoms with Gasteiger partial charge in [0, 0.05) is 24.5 Å². The third-order valence-electron chi connectivity index (χ3n) is 6.81. The number of thioether (sulfide) groups is 2. The number of carbonyl (C=O) groups excluding carboxylic acids is 1. The third kappa shape index (κ3) is 2.72. The summed E-state index contributed by atoms with van der Waals surface area (Å²) in [5.74, 6) is 2.35. The highest BCUT2D eigenvalue weighted by atomic mass is 32.2. The number of hydrogen-bond acceptors (Lipinski definition) is 7. The van der Waals surface area contributed by atoms with Crippen molar-refractivity contribution in [2.45, 2.75) is 55.5 Å².